The molecular formula is C22H24N4O3S. The van der Waals surface area contributed by atoms with Gasteiger partial charge in [0.1, 0.15) is 0 Å². The molecule has 8 heteroatoms. The van der Waals surface area contributed by atoms with Crippen molar-refractivity contribution in [2.45, 2.75) is 39.0 Å². The van der Waals surface area contributed by atoms with Crippen LogP contribution >= 0.6 is 11.3 Å². The van der Waals surface area contributed by atoms with Crippen molar-refractivity contribution >= 4 is 39.9 Å². The fourth-order valence-corrected chi connectivity index (χ4v) is 4.54. The highest BCUT2D eigenvalue weighted by Gasteiger charge is 2.42. The van der Waals surface area contributed by atoms with E-state index in [2.05, 4.69) is 29.6 Å². The first-order valence-corrected chi connectivity index (χ1v) is 11.0. The van der Waals surface area contributed by atoms with Crippen molar-refractivity contribution in [2.24, 2.45) is 11.8 Å². The van der Waals surface area contributed by atoms with Crippen molar-refractivity contribution in [3.63, 3.8) is 0 Å². The molecule has 4 rings (SSSR count). The van der Waals surface area contributed by atoms with Crippen molar-refractivity contribution in [3.05, 3.63) is 53.1 Å². The molecule has 7 nitrogen and oxygen atoms in total. The lowest BCUT2D eigenvalue weighted by molar-refractivity contribution is -0.139. The number of anilines is 2. The van der Waals surface area contributed by atoms with Crippen LogP contribution < -0.4 is 15.8 Å². The Balaban J connectivity index is 1.51. The maximum Gasteiger partial charge on any atom is 0.257 e. The second-order valence-corrected chi connectivity index (χ2v) is 8.55. The molecule has 2 aliphatic rings. The standard InChI is InChI=1S/C22H24N4O3S/c1-3-13(2)18-12-30-22(23-18)24-19(27)14-7-6-8-15(11-14)26-21(29)17-10-5-4-9-16(17)20(28)25-26/h4-8,11-13,16-17H,3,9-10H2,1-2H3,(H,25,28)(H,23,24,27)/t13-,16+,17+/m0/s1. The SMILES string of the molecule is CC[C@H](C)c1csc(NC(=O)c2cccc(N3NC(=O)[C@@H]4CC=CC[C@H]4C3=O)c2)n1. The van der Waals surface area contributed by atoms with Gasteiger partial charge in [-0.15, -0.1) is 11.3 Å². The van der Waals surface area contributed by atoms with Gasteiger partial charge in [-0.1, -0.05) is 32.1 Å². The molecule has 1 fully saturated rings. The summed E-state index contributed by atoms with van der Waals surface area (Å²) < 4.78 is 0. The lowest BCUT2D eigenvalue weighted by atomic mass is 9.80. The molecule has 156 valence electrons. The molecule has 2 heterocycles. The molecule has 0 unspecified atom stereocenters. The van der Waals surface area contributed by atoms with Gasteiger partial charge in [0.05, 0.1) is 23.2 Å². The van der Waals surface area contributed by atoms with Gasteiger partial charge in [-0.2, -0.15) is 0 Å². The first kappa shape index (κ1) is 20.3. The minimum Gasteiger partial charge on any atom is -0.298 e. The third-order valence-electron chi connectivity index (χ3n) is 5.75. The predicted molar refractivity (Wildman–Crippen MR) is 116 cm³/mol. The number of allylic oxidation sites excluding steroid dienone is 2. The number of carbonyl (C=O) groups is 3. The molecule has 0 radical (unpaired) electrons. The third kappa shape index (κ3) is 3.87. The Labute approximate surface area is 179 Å². The van der Waals surface area contributed by atoms with E-state index in [1.54, 1.807) is 24.3 Å². The van der Waals surface area contributed by atoms with Crippen molar-refractivity contribution in [3.8, 4) is 0 Å². The smallest absolute Gasteiger partial charge is 0.257 e. The van der Waals surface area contributed by atoms with Crippen molar-refractivity contribution in [1.29, 1.82) is 0 Å². The number of hydrogen-bond donors (Lipinski definition) is 2. The van der Waals surface area contributed by atoms with Crippen LogP contribution in [0.2, 0.25) is 0 Å². The summed E-state index contributed by atoms with van der Waals surface area (Å²) in [6.07, 6.45) is 5.99. The lowest BCUT2D eigenvalue weighted by Crippen LogP contribution is -2.59. The third-order valence-corrected chi connectivity index (χ3v) is 6.53. The number of rotatable bonds is 5. The van der Waals surface area contributed by atoms with Gasteiger partial charge in [0.2, 0.25) is 11.8 Å². The number of hydrazine groups is 1. The van der Waals surface area contributed by atoms with E-state index in [-0.39, 0.29) is 29.6 Å². The average Bonchev–Trinajstić information content (AvgIpc) is 3.24. The van der Waals surface area contributed by atoms with E-state index in [4.69, 9.17) is 0 Å². The number of thiazole rings is 1. The number of carbonyl (C=O) groups excluding carboxylic acids is 3. The molecule has 30 heavy (non-hydrogen) atoms. The number of aromatic nitrogens is 1. The van der Waals surface area contributed by atoms with E-state index in [0.29, 0.717) is 35.1 Å². The monoisotopic (exact) mass is 424 g/mol. The Hall–Kier alpha value is -3.00. The van der Waals surface area contributed by atoms with Gasteiger partial charge in [-0.3, -0.25) is 25.1 Å². The van der Waals surface area contributed by atoms with Crippen molar-refractivity contribution < 1.29 is 14.4 Å². The van der Waals surface area contributed by atoms with Crippen LogP contribution in [0.15, 0.2) is 41.8 Å². The normalized spacial score (nSPS) is 21.7. The summed E-state index contributed by atoms with van der Waals surface area (Å²) in [5, 5.41) is 6.59. The molecular weight excluding hydrogens is 400 g/mol. The average molecular weight is 425 g/mol. The summed E-state index contributed by atoms with van der Waals surface area (Å²) in [5.41, 5.74) is 4.51. The molecule has 1 aromatic heterocycles. The highest BCUT2D eigenvalue weighted by molar-refractivity contribution is 7.14. The molecule has 0 saturated carbocycles. The molecule has 1 saturated heterocycles. The Morgan fingerprint density at radius 1 is 1.30 bits per heavy atom. The van der Waals surface area contributed by atoms with E-state index in [0.717, 1.165) is 12.1 Å². The van der Waals surface area contributed by atoms with Gasteiger partial charge >= 0.3 is 0 Å². The maximum atomic E-state index is 12.9. The summed E-state index contributed by atoms with van der Waals surface area (Å²) in [5.74, 6) is -0.984. The molecule has 3 amide bonds. The summed E-state index contributed by atoms with van der Waals surface area (Å²) in [6, 6.07) is 6.68. The minimum atomic E-state index is -0.365. The topological polar surface area (TPSA) is 91.4 Å². The van der Waals surface area contributed by atoms with Gasteiger partial charge in [0, 0.05) is 10.9 Å². The summed E-state index contributed by atoms with van der Waals surface area (Å²) in [4.78, 5) is 42.6. The Bertz CT molecular complexity index is 1020. The highest BCUT2D eigenvalue weighted by atomic mass is 32.1. The van der Waals surface area contributed by atoms with Gasteiger partial charge in [0.25, 0.3) is 5.91 Å². The zero-order valence-electron chi connectivity index (χ0n) is 16.9. The fraction of sp³-hybridized carbons (Fsp3) is 0.364. The van der Waals surface area contributed by atoms with Crippen LogP contribution in [-0.4, -0.2) is 22.7 Å². The molecule has 2 N–H and O–H groups in total. The van der Waals surface area contributed by atoms with Crippen LogP contribution in [0.3, 0.4) is 0 Å². The van der Waals surface area contributed by atoms with E-state index in [1.807, 2.05) is 17.5 Å². The van der Waals surface area contributed by atoms with Gasteiger partial charge in [-0.05, 0) is 43.4 Å². The number of nitrogens with zero attached hydrogens (tertiary/aromatic N) is 2. The summed E-state index contributed by atoms with van der Waals surface area (Å²) in [7, 11) is 0. The molecule has 1 aliphatic heterocycles. The van der Waals surface area contributed by atoms with Crippen LogP contribution in [0.1, 0.15) is 55.1 Å². The van der Waals surface area contributed by atoms with Crippen LogP contribution in [0.25, 0.3) is 0 Å². The Kier molecular flexibility index (Phi) is 5.67. The van der Waals surface area contributed by atoms with Crippen LogP contribution in [0, 0.1) is 11.8 Å². The molecule has 0 bridgehead atoms. The Morgan fingerprint density at radius 2 is 2.07 bits per heavy atom. The van der Waals surface area contributed by atoms with Gasteiger partial charge in [0.15, 0.2) is 5.13 Å². The van der Waals surface area contributed by atoms with Crippen LogP contribution in [-0.2, 0) is 9.59 Å². The molecule has 1 aliphatic carbocycles. The summed E-state index contributed by atoms with van der Waals surface area (Å²) >= 11 is 1.39. The van der Waals surface area contributed by atoms with Crippen LogP contribution in [0.5, 0.6) is 0 Å². The fourth-order valence-electron chi connectivity index (χ4n) is 3.72. The van der Waals surface area contributed by atoms with Gasteiger partial charge < -0.3 is 0 Å². The van der Waals surface area contributed by atoms with E-state index >= 15 is 0 Å². The predicted octanol–water partition coefficient (Wildman–Crippen LogP) is 3.87. The number of nitrogens with one attached hydrogen (secondary N) is 2. The van der Waals surface area contributed by atoms with Crippen molar-refractivity contribution in [1.82, 2.24) is 10.4 Å². The molecule has 1 aromatic carbocycles. The second-order valence-electron chi connectivity index (χ2n) is 7.70. The first-order chi connectivity index (χ1) is 14.5. The highest BCUT2D eigenvalue weighted by Crippen LogP contribution is 2.32. The zero-order chi connectivity index (χ0) is 21.3. The largest absolute Gasteiger partial charge is 0.298 e. The van der Waals surface area contributed by atoms with E-state index < -0.39 is 0 Å². The van der Waals surface area contributed by atoms with Gasteiger partial charge in [-0.25, -0.2) is 9.99 Å². The second kappa shape index (κ2) is 8.39. The van der Waals surface area contributed by atoms with E-state index in [9.17, 15) is 14.4 Å². The number of fused-ring (bicyclic) bond motifs is 1. The molecule has 3 atom stereocenters. The molecule has 0 spiro atoms. The molecule has 2 aromatic rings. The zero-order valence-corrected chi connectivity index (χ0v) is 17.7. The maximum absolute atomic E-state index is 12.9. The van der Waals surface area contributed by atoms with E-state index in [1.165, 1.54) is 16.3 Å². The number of hydrogen-bond acceptors (Lipinski definition) is 5. The number of amides is 3. The Morgan fingerprint density at radius 3 is 2.83 bits per heavy atom. The van der Waals surface area contributed by atoms with Crippen molar-refractivity contribution in [2.75, 3.05) is 10.3 Å². The lowest BCUT2D eigenvalue weighted by Gasteiger charge is -2.38. The van der Waals surface area contributed by atoms with Crippen LogP contribution in [0.4, 0.5) is 10.8 Å². The quantitative estimate of drug-likeness (QED) is 0.713. The minimum absolute atomic E-state index is 0.153. The first-order valence-electron chi connectivity index (χ1n) is 10.1. The summed E-state index contributed by atoms with van der Waals surface area (Å²) in [6.45, 7) is 4.20. The number of benzene rings is 1.